The monoisotopic (exact) mass is 230 g/mol. The number of ether oxygens (including phenoxy) is 3. The number of nitrogens with one attached hydrogen (secondary N) is 1. The van der Waals surface area contributed by atoms with Gasteiger partial charge in [0.1, 0.15) is 0 Å². The van der Waals surface area contributed by atoms with Crippen molar-refractivity contribution in [2.45, 2.75) is 18.3 Å². The van der Waals surface area contributed by atoms with E-state index in [-0.39, 0.29) is 12.2 Å². The summed E-state index contributed by atoms with van der Waals surface area (Å²) in [5.74, 6) is 0. The Morgan fingerprint density at radius 3 is 2.44 bits per heavy atom. The minimum Gasteiger partial charge on any atom is -0.377 e. The Morgan fingerprint density at radius 1 is 1.25 bits per heavy atom. The second kappa shape index (κ2) is 5.93. The molecule has 0 bridgehead atoms. The van der Waals surface area contributed by atoms with E-state index in [9.17, 15) is 0 Å². The van der Waals surface area contributed by atoms with Gasteiger partial charge in [-0.25, -0.2) is 0 Å². The second-order valence-corrected chi connectivity index (χ2v) is 4.46. The Morgan fingerprint density at radius 2 is 1.94 bits per heavy atom. The zero-order valence-corrected chi connectivity index (χ0v) is 10.1. The van der Waals surface area contributed by atoms with E-state index in [0.717, 1.165) is 39.3 Å². The van der Waals surface area contributed by atoms with Crippen LogP contribution in [0.25, 0.3) is 0 Å². The van der Waals surface area contributed by atoms with E-state index in [1.807, 2.05) is 0 Å². The lowest BCUT2D eigenvalue weighted by Crippen LogP contribution is -2.45. The first kappa shape index (κ1) is 12.3. The highest BCUT2D eigenvalue weighted by Crippen LogP contribution is 2.16. The summed E-state index contributed by atoms with van der Waals surface area (Å²) < 4.78 is 16.5. The Labute approximate surface area is 97.0 Å². The molecule has 0 aromatic carbocycles. The third-order valence-electron chi connectivity index (χ3n) is 3.36. The lowest BCUT2D eigenvalue weighted by molar-refractivity contribution is -0.00461. The Bertz CT molecular complexity index is 197. The van der Waals surface area contributed by atoms with Crippen molar-refractivity contribution < 1.29 is 14.2 Å². The van der Waals surface area contributed by atoms with Crippen LogP contribution in [0.1, 0.15) is 0 Å². The summed E-state index contributed by atoms with van der Waals surface area (Å²) in [6.45, 7) is 5.58. The summed E-state index contributed by atoms with van der Waals surface area (Å²) in [6.07, 6.45) is 0.699. The van der Waals surface area contributed by atoms with Crippen molar-refractivity contribution in [3.8, 4) is 0 Å². The number of likely N-dealkylation sites (tertiary alicyclic amines) is 1. The molecule has 2 aliphatic heterocycles. The highest BCUT2D eigenvalue weighted by Gasteiger charge is 2.34. The topological polar surface area (TPSA) is 43.0 Å². The molecular formula is C11H22N2O3. The molecule has 16 heavy (non-hydrogen) atoms. The van der Waals surface area contributed by atoms with Gasteiger partial charge in [0.05, 0.1) is 24.9 Å². The SMILES string of the molecule is COC1CN(CC2CNCCO2)CC1OC. The molecule has 0 aromatic heterocycles. The molecule has 2 fully saturated rings. The minimum atomic E-state index is 0.196. The fraction of sp³-hybridized carbons (Fsp3) is 1.00. The molecule has 3 atom stereocenters. The summed E-state index contributed by atoms with van der Waals surface area (Å²) in [6, 6.07) is 0. The van der Waals surface area contributed by atoms with E-state index in [2.05, 4.69) is 10.2 Å². The van der Waals surface area contributed by atoms with Crippen LogP contribution < -0.4 is 5.32 Å². The molecule has 5 nitrogen and oxygen atoms in total. The van der Waals surface area contributed by atoms with E-state index >= 15 is 0 Å². The molecule has 0 aliphatic carbocycles. The average Bonchev–Trinajstić information content (AvgIpc) is 2.72. The van der Waals surface area contributed by atoms with Crippen molar-refractivity contribution in [3.05, 3.63) is 0 Å². The summed E-state index contributed by atoms with van der Waals surface area (Å²) >= 11 is 0. The maximum absolute atomic E-state index is 5.69. The highest BCUT2D eigenvalue weighted by atomic mass is 16.5. The smallest absolute Gasteiger partial charge is 0.0971 e. The number of morpholine rings is 1. The van der Waals surface area contributed by atoms with Crippen LogP contribution in [-0.4, -0.2) is 76.8 Å². The van der Waals surface area contributed by atoms with Gasteiger partial charge < -0.3 is 19.5 Å². The van der Waals surface area contributed by atoms with E-state index < -0.39 is 0 Å². The lowest BCUT2D eigenvalue weighted by atomic mass is 10.3. The van der Waals surface area contributed by atoms with Crippen molar-refractivity contribution in [1.82, 2.24) is 10.2 Å². The van der Waals surface area contributed by atoms with E-state index in [1.165, 1.54) is 0 Å². The largest absolute Gasteiger partial charge is 0.377 e. The van der Waals surface area contributed by atoms with Crippen LogP contribution >= 0.6 is 0 Å². The third kappa shape index (κ3) is 2.93. The number of rotatable bonds is 4. The van der Waals surface area contributed by atoms with Gasteiger partial charge in [-0.3, -0.25) is 4.90 Å². The maximum atomic E-state index is 5.69. The second-order valence-electron chi connectivity index (χ2n) is 4.46. The third-order valence-corrected chi connectivity index (χ3v) is 3.36. The molecule has 5 heteroatoms. The number of nitrogens with zero attached hydrogens (tertiary/aromatic N) is 1. The van der Waals surface area contributed by atoms with Crippen LogP contribution in [0.15, 0.2) is 0 Å². The highest BCUT2D eigenvalue weighted by molar-refractivity contribution is 4.87. The predicted octanol–water partition coefficient (Wildman–Crippen LogP) is -0.680. The molecule has 0 saturated carbocycles. The van der Waals surface area contributed by atoms with Gasteiger partial charge in [-0.05, 0) is 0 Å². The Kier molecular flexibility index (Phi) is 4.55. The van der Waals surface area contributed by atoms with Crippen molar-refractivity contribution in [1.29, 1.82) is 0 Å². The molecule has 2 rings (SSSR count). The first-order valence-corrected chi connectivity index (χ1v) is 5.93. The standard InChI is InChI=1S/C11H22N2O3/c1-14-10-7-13(8-11(10)15-2)6-9-5-12-3-4-16-9/h9-12H,3-8H2,1-2H3. The fourth-order valence-electron chi connectivity index (χ4n) is 2.45. The Hall–Kier alpha value is -0.200. The Balaban J connectivity index is 1.78. The maximum Gasteiger partial charge on any atom is 0.0971 e. The lowest BCUT2D eigenvalue weighted by Gasteiger charge is -2.27. The molecule has 94 valence electrons. The molecule has 2 saturated heterocycles. The van der Waals surface area contributed by atoms with Gasteiger partial charge in [-0.2, -0.15) is 0 Å². The summed E-state index contributed by atoms with van der Waals surface area (Å²) in [5.41, 5.74) is 0. The predicted molar refractivity (Wildman–Crippen MR) is 60.6 cm³/mol. The first-order valence-electron chi connectivity index (χ1n) is 5.93. The van der Waals surface area contributed by atoms with Crippen LogP contribution in [0.2, 0.25) is 0 Å². The molecule has 0 radical (unpaired) electrons. The molecule has 0 amide bonds. The van der Waals surface area contributed by atoms with Crippen LogP contribution in [0, 0.1) is 0 Å². The molecule has 0 aromatic rings. The van der Waals surface area contributed by atoms with E-state index in [4.69, 9.17) is 14.2 Å². The summed E-state index contributed by atoms with van der Waals surface area (Å²) in [7, 11) is 3.50. The summed E-state index contributed by atoms with van der Waals surface area (Å²) in [5, 5.41) is 3.35. The van der Waals surface area contributed by atoms with Gasteiger partial charge >= 0.3 is 0 Å². The normalized spacial score (nSPS) is 36.8. The molecule has 0 spiro atoms. The van der Waals surface area contributed by atoms with Crippen LogP contribution in [0.4, 0.5) is 0 Å². The van der Waals surface area contributed by atoms with Gasteiger partial charge in [0.2, 0.25) is 0 Å². The van der Waals surface area contributed by atoms with E-state index in [0.29, 0.717) is 6.10 Å². The quantitative estimate of drug-likeness (QED) is 0.693. The number of methoxy groups -OCH3 is 2. The number of hydrogen-bond donors (Lipinski definition) is 1. The van der Waals surface area contributed by atoms with Crippen LogP contribution in [-0.2, 0) is 14.2 Å². The van der Waals surface area contributed by atoms with E-state index in [1.54, 1.807) is 14.2 Å². The van der Waals surface area contributed by atoms with Gasteiger partial charge in [0.25, 0.3) is 0 Å². The molecular weight excluding hydrogens is 208 g/mol. The van der Waals surface area contributed by atoms with Crippen molar-refractivity contribution >= 4 is 0 Å². The first-order chi connectivity index (χ1) is 7.83. The summed E-state index contributed by atoms with van der Waals surface area (Å²) in [4.78, 5) is 2.36. The van der Waals surface area contributed by atoms with Crippen molar-refractivity contribution in [2.75, 3.05) is 53.6 Å². The van der Waals surface area contributed by atoms with Crippen LogP contribution in [0.5, 0.6) is 0 Å². The molecule has 3 unspecified atom stereocenters. The van der Waals surface area contributed by atoms with Gasteiger partial charge in [0, 0.05) is 46.9 Å². The van der Waals surface area contributed by atoms with Crippen LogP contribution in [0.3, 0.4) is 0 Å². The zero-order chi connectivity index (χ0) is 11.4. The van der Waals surface area contributed by atoms with Crippen molar-refractivity contribution in [3.63, 3.8) is 0 Å². The fourth-order valence-corrected chi connectivity index (χ4v) is 2.45. The van der Waals surface area contributed by atoms with Gasteiger partial charge in [-0.1, -0.05) is 0 Å². The zero-order valence-electron chi connectivity index (χ0n) is 10.1. The average molecular weight is 230 g/mol. The molecule has 2 aliphatic rings. The van der Waals surface area contributed by atoms with Crippen molar-refractivity contribution in [2.24, 2.45) is 0 Å². The molecule has 2 heterocycles. The minimum absolute atomic E-state index is 0.196. The molecule has 1 N–H and O–H groups in total. The number of hydrogen-bond acceptors (Lipinski definition) is 5. The van der Waals surface area contributed by atoms with Gasteiger partial charge in [-0.15, -0.1) is 0 Å². The van der Waals surface area contributed by atoms with Gasteiger partial charge in [0.15, 0.2) is 0 Å².